The molecule has 0 unspecified atom stereocenters. The Morgan fingerprint density at radius 2 is 1.69 bits per heavy atom. The van der Waals surface area contributed by atoms with Gasteiger partial charge in [-0.15, -0.1) is 0 Å². The molecular weight excluding hydrogens is 454 g/mol. The number of methoxy groups -OCH3 is 1. The Morgan fingerprint density at radius 1 is 0.944 bits per heavy atom. The molecule has 0 N–H and O–H groups in total. The summed E-state index contributed by atoms with van der Waals surface area (Å²) in [5.74, 6) is 0.681. The molecule has 1 fully saturated rings. The first kappa shape index (κ1) is 25.4. The van der Waals surface area contributed by atoms with E-state index >= 15 is 0 Å². The molecule has 3 aromatic rings. The van der Waals surface area contributed by atoms with Crippen LogP contribution in [0.4, 0.5) is 0 Å². The highest BCUT2D eigenvalue weighted by Gasteiger charge is 2.30. The number of rotatable bonds is 10. The zero-order valence-corrected chi connectivity index (χ0v) is 20.7. The van der Waals surface area contributed by atoms with E-state index in [1.165, 1.54) is 5.56 Å². The fourth-order valence-corrected chi connectivity index (χ4v) is 4.33. The lowest BCUT2D eigenvalue weighted by molar-refractivity contribution is -0.138. The summed E-state index contributed by atoms with van der Waals surface area (Å²) in [7, 11) is 1.64. The van der Waals surface area contributed by atoms with Crippen molar-refractivity contribution in [1.29, 1.82) is 0 Å². The van der Waals surface area contributed by atoms with Crippen LogP contribution >= 0.6 is 0 Å². The molecule has 0 saturated carbocycles. The number of ether oxygens (including phenoxy) is 2. The van der Waals surface area contributed by atoms with Gasteiger partial charge in [-0.25, -0.2) is 0 Å². The van der Waals surface area contributed by atoms with Gasteiger partial charge >= 0.3 is 0 Å². The standard InChI is InChI=1S/C29H33N3O4/c1-35-26-9-5-8-25(18-26)22-36-27-19-31(17-14-23-6-3-2-4-7-23)29(34)21-32(20-27)28(33)11-10-24-12-15-30-16-13-24/h2-9,12-13,15-16,18,27H,10-11,14,17,19-22H2,1H3/t27-/m0/s1. The van der Waals surface area contributed by atoms with Gasteiger partial charge in [0.05, 0.1) is 26.4 Å². The lowest BCUT2D eigenvalue weighted by atomic mass is 10.1. The average molecular weight is 488 g/mol. The van der Waals surface area contributed by atoms with Crippen LogP contribution in [0.25, 0.3) is 0 Å². The SMILES string of the molecule is COc1cccc(CO[C@H]2CN(CCc3ccccc3)C(=O)CN(C(=O)CCc3ccncc3)C2)c1. The maximum absolute atomic E-state index is 13.2. The number of aromatic nitrogens is 1. The predicted octanol–water partition coefficient (Wildman–Crippen LogP) is 3.52. The quantitative estimate of drug-likeness (QED) is 0.438. The Bertz CT molecular complexity index is 1120. The van der Waals surface area contributed by atoms with Gasteiger partial charge in [-0.3, -0.25) is 14.6 Å². The summed E-state index contributed by atoms with van der Waals surface area (Å²) in [6.07, 6.45) is 4.86. The Morgan fingerprint density at radius 3 is 2.47 bits per heavy atom. The van der Waals surface area contributed by atoms with E-state index in [0.717, 1.165) is 23.3 Å². The minimum Gasteiger partial charge on any atom is -0.497 e. The molecule has 1 aromatic heterocycles. The molecule has 36 heavy (non-hydrogen) atoms. The number of pyridine rings is 1. The molecule has 0 aliphatic carbocycles. The van der Waals surface area contributed by atoms with E-state index in [1.807, 2.05) is 59.5 Å². The fourth-order valence-electron chi connectivity index (χ4n) is 4.33. The molecule has 0 bridgehead atoms. The number of carbonyl (C=O) groups is 2. The average Bonchev–Trinajstić information content (AvgIpc) is 3.09. The molecular formula is C29H33N3O4. The molecule has 7 nitrogen and oxygen atoms in total. The highest BCUT2D eigenvalue weighted by Crippen LogP contribution is 2.17. The van der Waals surface area contributed by atoms with Crippen LogP contribution in [0.1, 0.15) is 23.1 Å². The molecule has 4 rings (SSSR count). The van der Waals surface area contributed by atoms with E-state index in [9.17, 15) is 9.59 Å². The topological polar surface area (TPSA) is 72.0 Å². The number of benzene rings is 2. The van der Waals surface area contributed by atoms with Crippen LogP contribution in [0.2, 0.25) is 0 Å². The van der Waals surface area contributed by atoms with Gasteiger partial charge in [-0.05, 0) is 53.8 Å². The summed E-state index contributed by atoms with van der Waals surface area (Å²) < 4.78 is 11.6. The van der Waals surface area contributed by atoms with Gasteiger partial charge in [0, 0.05) is 38.4 Å². The first-order valence-electron chi connectivity index (χ1n) is 12.3. The minimum atomic E-state index is -0.289. The van der Waals surface area contributed by atoms with Gasteiger partial charge in [0.2, 0.25) is 11.8 Å². The predicted molar refractivity (Wildman–Crippen MR) is 137 cm³/mol. The van der Waals surface area contributed by atoms with E-state index in [0.29, 0.717) is 39.1 Å². The number of hydrogen-bond donors (Lipinski definition) is 0. The van der Waals surface area contributed by atoms with Crippen molar-refractivity contribution in [3.05, 3.63) is 95.8 Å². The highest BCUT2D eigenvalue weighted by molar-refractivity contribution is 5.85. The summed E-state index contributed by atoms with van der Waals surface area (Å²) in [5, 5.41) is 0. The van der Waals surface area contributed by atoms with Gasteiger partial charge in [-0.2, -0.15) is 0 Å². The van der Waals surface area contributed by atoms with Crippen molar-refractivity contribution < 1.29 is 19.1 Å². The van der Waals surface area contributed by atoms with E-state index in [1.54, 1.807) is 24.4 Å². The third kappa shape index (κ3) is 7.39. The van der Waals surface area contributed by atoms with Crippen molar-refractivity contribution in [3.8, 4) is 5.75 Å². The van der Waals surface area contributed by atoms with Gasteiger partial charge in [-0.1, -0.05) is 42.5 Å². The second-order valence-corrected chi connectivity index (χ2v) is 8.99. The number of hydrogen-bond acceptors (Lipinski definition) is 5. The Kier molecular flexibility index (Phi) is 9.05. The fraction of sp³-hybridized carbons (Fsp3) is 0.345. The van der Waals surface area contributed by atoms with Gasteiger partial charge in [0.15, 0.2) is 0 Å². The van der Waals surface area contributed by atoms with Crippen LogP contribution in [-0.2, 0) is 33.8 Å². The third-order valence-electron chi connectivity index (χ3n) is 6.39. The van der Waals surface area contributed by atoms with Crippen molar-refractivity contribution in [1.82, 2.24) is 14.8 Å². The summed E-state index contributed by atoms with van der Waals surface area (Å²) in [5.41, 5.74) is 3.21. The smallest absolute Gasteiger partial charge is 0.242 e. The van der Waals surface area contributed by atoms with Crippen LogP contribution in [0.3, 0.4) is 0 Å². The van der Waals surface area contributed by atoms with Crippen molar-refractivity contribution in [3.63, 3.8) is 0 Å². The van der Waals surface area contributed by atoms with Crippen molar-refractivity contribution in [2.24, 2.45) is 0 Å². The van der Waals surface area contributed by atoms with Crippen molar-refractivity contribution >= 4 is 11.8 Å². The molecule has 7 heteroatoms. The first-order chi connectivity index (χ1) is 17.6. The summed E-state index contributed by atoms with van der Waals surface area (Å²) >= 11 is 0. The maximum atomic E-state index is 13.2. The normalized spacial score (nSPS) is 16.0. The van der Waals surface area contributed by atoms with Gasteiger partial charge in [0.1, 0.15) is 5.75 Å². The van der Waals surface area contributed by atoms with E-state index in [2.05, 4.69) is 17.1 Å². The van der Waals surface area contributed by atoms with Crippen LogP contribution in [0, 0.1) is 0 Å². The number of aryl methyl sites for hydroxylation is 1. The van der Waals surface area contributed by atoms with Gasteiger partial charge < -0.3 is 19.3 Å². The lowest BCUT2D eigenvalue weighted by Crippen LogP contribution is -2.40. The highest BCUT2D eigenvalue weighted by atomic mass is 16.5. The third-order valence-corrected chi connectivity index (χ3v) is 6.39. The molecule has 1 aliphatic rings. The van der Waals surface area contributed by atoms with Crippen LogP contribution in [0.5, 0.6) is 5.75 Å². The molecule has 0 radical (unpaired) electrons. The molecule has 0 spiro atoms. The van der Waals surface area contributed by atoms with Crippen molar-refractivity contribution in [2.75, 3.05) is 33.3 Å². The van der Waals surface area contributed by atoms with E-state index in [4.69, 9.17) is 9.47 Å². The van der Waals surface area contributed by atoms with E-state index in [-0.39, 0.29) is 24.5 Å². The van der Waals surface area contributed by atoms with Crippen LogP contribution in [-0.4, -0.2) is 66.0 Å². The lowest BCUT2D eigenvalue weighted by Gasteiger charge is -2.25. The summed E-state index contributed by atoms with van der Waals surface area (Å²) in [6.45, 7) is 1.86. The molecule has 188 valence electrons. The molecule has 1 aliphatic heterocycles. The summed E-state index contributed by atoms with van der Waals surface area (Å²) in [6, 6.07) is 21.7. The number of nitrogens with zero attached hydrogens (tertiary/aromatic N) is 3. The van der Waals surface area contributed by atoms with Gasteiger partial charge in [0.25, 0.3) is 0 Å². The monoisotopic (exact) mass is 487 g/mol. The molecule has 2 aromatic carbocycles. The maximum Gasteiger partial charge on any atom is 0.242 e. The Balaban J connectivity index is 1.43. The zero-order valence-electron chi connectivity index (χ0n) is 20.7. The Hall–Kier alpha value is -3.71. The second-order valence-electron chi connectivity index (χ2n) is 8.99. The molecule has 1 saturated heterocycles. The Labute approximate surface area is 212 Å². The van der Waals surface area contributed by atoms with Crippen LogP contribution < -0.4 is 4.74 Å². The first-order valence-corrected chi connectivity index (χ1v) is 12.3. The molecule has 2 heterocycles. The minimum absolute atomic E-state index is 0.0416. The summed E-state index contributed by atoms with van der Waals surface area (Å²) in [4.78, 5) is 33.8. The number of carbonyl (C=O) groups excluding carboxylic acids is 2. The van der Waals surface area contributed by atoms with Crippen LogP contribution in [0.15, 0.2) is 79.1 Å². The number of amides is 2. The largest absolute Gasteiger partial charge is 0.497 e. The molecule has 1 atom stereocenters. The zero-order chi connectivity index (χ0) is 25.2. The molecule has 2 amide bonds. The van der Waals surface area contributed by atoms with E-state index < -0.39 is 0 Å². The van der Waals surface area contributed by atoms with Crippen molar-refractivity contribution in [2.45, 2.75) is 32.0 Å². The second kappa shape index (κ2) is 12.8.